The fourth-order valence-corrected chi connectivity index (χ4v) is 2.56. The van der Waals surface area contributed by atoms with E-state index in [9.17, 15) is 9.59 Å². The van der Waals surface area contributed by atoms with Crippen molar-refractivity contribution in [2.45, 2.75) is 20.4 Å². The van der Waals surface area contributed by atoms with Crippen LogP contribution in [0, 0.1) is 6.92 Å². The zero-order chi connectivity index (χ0) is 19.2. The van der Waals surface area contributed by atoms with Gasteiger partial charge in [0.05, 0.1) is 23.6 Å². The SMILES string of the molecule is CCNC(=O)c1ccc(-n2nnc(C(=O)NCc3ccccn3)c2C)cc1. The van der Waals surface area contributed by atoms with E-state index in [1.165, 1.54) is 0 Å². The van der Waals surface area contributed by atoms with Gasteiger partial charge >= 0.3 is 0 Å². The van der Waals surface area contributed by atoms with E-state index in [1.54, 1.807) is 42.1 Å². The highest BCUT2D eigenvalue weighted by Gasteiger charge is 2.17. The Morgan fingerprint density at radius 2 is 1.81 bits per heavy atom. The third kappa shape index (κ3) is 4.17. The van der Waals surface area contributed by atoms with Crippen molar-refractivity contribution in [1.29, 1.82) is 0 Å². The van der Waals surface area contributed by atoms with Crippen molar-refractivity contribution in [3.8, 4) is 5.69 Å². The Balaban J connectivity index is 1.72. The van der Waals surface area contributed by atoms with Crippen molar-refractivity contribution in [3.63, 3.8) is 0 Å². The summed E-state index contributed by atoms with van der Waals surface area (Å²) in [5.74, 6) is -0.447. The van der Waals surface area contributed by atoms with Crippen LogP contribution in [0.15, 0.2) is 48.7 Å². The molecule has 8 heteroatoms. The molecule has 138 valence electrons. The van der Waals surface area contributed by atoms with Crippen molar-refractivity contribution in [2.75, 3.05) is 6.54 Å². The van der Waals surface area contributed by atoms with Gasteiger partial charge in [-0.15, -0.1) is 5.10 Å². The minimum absolute atomic E-state index is 0.131. The summed E-state index contributed by atoms with van der Waals surface area (Å²) in [4.78, 5) is 28.4. The number of aromatic nitrogens is 4. The van der Waals surface area contributed by atoms with E-state index in [4.69, 9.17) is 0 Å². The summed E-state index contributed by atoms with van der Waals surface area (Å²) in [5, 5.41) is 13.6. The largest absolute Gasteiger partial charge is 0.352 e. The van der Waals surface area contributed by atoms with Gasteiger partial charge in [0.2, 0.25) is 0 Å². The molecule has 0 aliphatic rings. The van der Waals surface area contributed by atoms with Crippen LogP contribution in [-0.4, -0.2) is 38.3 Å². The highest BCUT2D eigenvalue weighted by atomic mass is 16.2. The van der Waals surface area contributed by atoms with Gasteiger partial charge in [-0.25, -0.2) is 4.68 Å². The van der Waals surface area contributed by atoms with Gasteiger partial charge in [-0.2, -0.15) is 0 Å². The van der Waals surface area contributed by atoms with Gasteiger partial charge in [-0.1, -0.05) is 11.3 Å². The minimum Gasteiger partial charge on any atom is -0.352 e. The highest BCUT2D eigenvalue weighted by molar-refractivity contribution is 5.94. The molecule has 0 atom stereocenters. The normalized spacial score (nSPS) is 10.4. The summed E-state index contributed by atoms with van der Waals surface area (Å²) >= 11 is 0. The Bertz CT molecular complexity index is 935. The van der Waals surface area contributed by atoms with Gasteiger partial charge in [0, 0.05) is 18.3 Å². The van der Waals surface area contributed by atoms with Gasteiger partial charge in [0.15, 0.2) is 5.69 Å². The molecule has 2 aromatic heterocycles. The Labute approximate surface area is 156 Å². The molecule has 0 aliphatic heterocycles. The van der Waals surface area contributed by atoms with Crippen LogP contribution in [-0.2, 0) is 6.54 Å². The maximum absolute atomic E-state index is 12.4. The highest BCUT2D eigenvalue weighted by Crippen LogP contribution is 2.13. The number of hydrogen-bond donors (Lipinski definition) is 2. The first-order valence-corrected chi connectivity index (χ1v) is 8.59. The molecule has 0 unspecified atom stereocenters. The van der Waals surface area contributed by atoms with Crippen LogP contribution >= 0.6 is 0 Å². The standard InChI is InChI=1S/C19H20N6O2/c1-3-20-18(26)14-7-9-16(10-8-14)25-13(2)17(23-24-25)19(27)22-12-15-6-4-5-11-21-15/h4-11H,3,12H2,1-2H3,(H,20,26)(H,22,27). The fraction of sp³-hybridized carbons (Fsp3) is 0.211. The van der Waals surface area contributed by atoms with Crippen molar-refractivity contribution in [2.24, 2.45) is 0 Å². The van der Waals surface area contributed by atoms with E-state index in [0.717, 1.165) is 11.4 Å². The van der Waals surface area contributed by atoms with Crippen LogP contribution in [0.5, 0.6) is 0 Å². The number of hydrogen-bond acceptors (Lipinski definition) is 5. The number of pyridine rings is 1. The lowest BCUT2D eigenvalue weighted by atomic mass is 10.2. The fourth-order valence-electron chi connectivity index (χ4n) is 2.56. The third-order valence-electron chi connectivity index (χ3n) is 3.98. The molecule has 27 heavy (non-hydrogen) atoms. The first kappa shape index (κ1) is 18.2. The number of nitrogens with zero attached hydrogens (tertiary/aromatic N) is 4. The Morgan fingerprint density at radius 3 is 2.48 bits per heavy atom. The zero-order valence-electron chi connectivity index (χ0n) is 15.1. The maximum Gasteiger partial charge on any atom is 0.274 e. The smallest absolute Gasteiger partial charge is 0.274 e. The summed E-state index contributed by atoms with van der Waals surface area (Å²) in [7, 11) is 0. The molecule has 0 saturated carbocycles. The van der Waals surface area contributed by atoms with Crippen LogP contribution in [0.2, 0.25) is 0 Å². The molecule has 0 radical (unpaired) electrons. The molecular weight excluding hydrogens is 344 g/mol. The number of rotatable bonds is 6. The second kappa shape index (κ2) is 8.22. The second-order valence-electron chi connectivity index (χ2n) is 5.85. The molecule has 3 rings (SSSR count). The number of nitrogens with one attached hydrogen (secondary N) is 2. The number of carbonyl (C=O) groups excluding carboxylic acids is 2. The molecule has 0 spiro atoms. The molecule has 0 fully saturated rings. The molecule has 2 amide bonds. The summed E-state index contributed by atoms with van der Waals surface area (Å²) < 4.78 is 1.57. The molecule has 0 aliphatic carbocycles. The Morgan fingerprint density at radius 1 is 1.04 bits per heavy atom. The lowest BCUT2D eigenvalue weighted by Gasteiger charge is -2.06. The molecule has 0 saturated heterocycles. The lowest BCUT2D eigenvalue weighted by Crippen LogP contribution is -2.24. The Kier molecular flexibility index (Phi) is 5.55. The quantitative estimate of drug-likeness (QED) is 0.692. The molecule has 8 nitrogen and oxygen atoms in total. The van der Waals surface area contributed by atoms with Gasteiger partial charge in [0.25, 0.3) is 11.8 Å². The second-order valence-corrected chi connectivity index (χ2v) is 5.85. The first-order valence-electron chi connectivity index (χ1n) is 8.59. The van der Waals surface area contributed by atoms with Crippen molar-refractivity contribution >= 4 is 11.8 Å². The molecule has 3 aromatic rings. The van der Waals surface area contributed by atoms with Crippen LogP contribution < -0.4 is 10.6 Å². The van der Waals surface area contributed by atoms with Gasteiger partial charge < -0.3 is 10.6 Å². The summed E-state index contributed by atoms with van der Waals surface area (Å²) in [6.07, 6.45) is 1.67. The lowest BCUT2D eigenvalue weighted by molar-refractivity contribution is 0.0940. The van der Waals surface area contributed by atoms with Crippen molar-refractivity contribution < 1.29 is 9.59 Å². The van der Waals surface area contributed by atoms with E-state index in [2.05, 4.69) is 25.9 Å². The predicted molar refractivity (Wildman–Crippen MR) is 99.5 cm³/mol. The molecule has 2 N–H and O–H groups in total. The topological polar surface area (TPSA) is 102 Å². The van der Waals surface area contributed by atoms with E-state index in [-0.39, 0.29) is 17.5 Å². The van der Waals surface area contributed by atoms with Crippen LogP contribution in [0.25, 0.3) is 5.69 Å². The molecule has 0 bridgehead atoms. The first-order chi connectivity index (χ1) is 13.1. The maximum atomic E-state index is 12.4. The van der Waals surface area contributed by atoms with Gasteiger partial charge in [0.1, 0.15) is 0 Å². The van der Waals surface area contributed by atoms with Crippen LogP contribution in [0.4, 0.5) is 0 Å². The van der Waals surface area contributed by atoms with Gasteiger partial charge in [-0.05, 0) is 50.2 Å². The Hall–Kier alpha value is -3.55. The number of benzene rings is 1. The monoisotopic (exact) mass is 364 g/mol. The number of amides is 2. The minimum atomic E-state index is -0.316. The zero-order valence-corrected chi connectivity index (χ0v) is 15.1. The van der Waals surface area contributed by atoms with Crippen molar-refractivity contribution in [1.82, 2.24) is 30.6 Å². The molecular formula is C19H20N6O2. The van der Waals surface area contributed by atoms with E-state index in [0.29, 0.717) is 24.3 Å². The van der Waals surface area contributed by atoms with E-state index >= 15 is 0 Å². The summed E-state index contributed by atoms with van der Waals surface area (Å²) in [6.45, 7) is 4.52. The van der Waals surface area contributed by atoms with Gasteiger partial charge in [-0.3, -0.25) is 14.6 Å². The third-order valence-corrected chi connectivity index (χ3v) is 3.98. The van der Waals surface area contributed by atoms with Crippen LogP contribution in [0.1, 0.15) is 39.2 Å². The van der Waals surface area contributed by atoms with E-state index in [1.807, 2.05) is 25.1 Å². The summed E-state index contributed by atoms with van der Waals surface area (Å²) in [6, 6.07) is 12.5. The van der Waals surface area contributed by atoms with E-state index < -0.39 is 0 Å². The van der Waals surface area contributed by atoms with Crippen molar-refractivity contribution in [3.05, 3.63) is 71.3 Å². The van der Waals surface area contributed by atoms with Crippen LogP contribution in [0.3, 0.4) is 0 Å². The summed E-state index contributed by atoms with van der Waals surface area (Å²) in [5.41, 5.74) is 2.90. The average Bonchev–Trinajstić information content (AvgIpc) is 3.08. The molecule has 1 aromatic carbocycles. The number of carbonyl (C=O) groups is 2. The average molecular weight is 364 g/mol. The predicted octanol–water partition coefficient (Wildman–Crippen LogP) is 1.65. The molecule has 2 heterocycles.